The highest BCUT2D eigenvalue weighted by atomic mass is 28.3. The summed E-state index contributed by atoms with van der Waals surface area (Å²) in [6.45, 7) is 11.2. The van der Waals surface area contributed by atoms with Crippen LogP contribution < -0.4 is 10.6 Å². The van der Waals surface area contributed by atoms with Gasteiger partial charge in [0.05, 0.1) is 18.4 Å². The van der Waals surface area contributed by atoms with Crippen LogP contribution in [0.25, 0.3) is 0 Å². The standard InChI is InChI=1S/C37H48N6O6Si/c1-37(2,3)50(4,5)43-31(21-32(43)44)34(46)39-28(20-27-23-41(24-38-27)22-26-15-10-7-11-16-26)35(47)42-18-12-17-30(42)33(45)40-29(36(48)49)19-25-13-8-6-9-14-25/h6-11,13-16,23-24,28-31H,12,17-22H2,1-5H3,(H,39,46)(H,40,45)(H,48,49)/t28-,29-,30-,31-/m0/s1. The maximum absolute atomic E-state index is 14.3. The number of likely N-dealkylation sites (tertiary alicyclic amines) is 1. The van der Waals surface area contributed by atoms with Gasteiger partial charge in [0.25, 0.3) is 0 Å². The predicted octanol–water partition coefficient (Wildman–Crippen LogP) is 3.37. The van der Waals surface area contributed by atoms with Crippen molar-refractivity contribution >= 4 is 37.8 Å². The Morgan fingerprint density at radius 3 is 2.10 bits per heavy atom. The molecule has 2 fully saturated rings. The highest BCUT2D eigenvalue weighted by Crippen LogP contribution is 2.43. The Morgan fingerprint density at radius 2 is 1.50 bits per heavy atom. The molecule has 5 rings (SSSR count). The molecule has 0 spiro atoms. The molecule has 0 saturated carbocycles. The molecule has 3 aromatic rings. The third-order valence-electron chi connectivity index (χ3n) is 10.3. The summed E-state index contributed by atoms with van der Waals surface area (Å²) >= 11 is 0. The van der Waals surface area contributed by atoms with Crippen molar-refractivity contribution in [3.63, 3.8) is 0 Å². The van der Waals surface area contributed by atoms with Gasteiger partial charge in [0.15, 0.2) is 8.24 Å². The summed E-state index contributed by atoms with van der Waals surface area (Å²) in [7, 11) is -2.39. The normalized spacial score (nSPS) is 19.0. The lowest BCUT2D eigenvalue weighted by Gasteiger charge is -2.54. The summed E-state index contributed by atoms with van der Waals surface area (Å²) in [5, 5.41) is 15.3. The van der Waals surface area contributed by atoms with Gasteiger partial charge < -0.3 is 29.8 Å². The maximum atomic E-state index is 14.3. The SMILES string of the molecule is CC(C)(C)[Si](C)(C)N1C(=O)C[C@H]1C(=O)N[C@@H](Cc1cn(Cc2ccccc2)cn1)C(=O)N1CCC[C@H]1C(=O)N[C@@H](Cc1ccccc1)C(=O)O. The molecular formula is C37H48N6O6Si. The highest BCUT2D eigenvalue weighted by molar-refractivity contribution is 6.80. The maximum Gasteiger partial charge on any atom is 0.326 e. The van der Waals surface area contributed by atoms with Crippen molar-refractivity contribution in [2.75, 3.05) is 6.54 Å². The van der Waals surface area contributed by atoms with Crippen LogP contribution in [0, 0.1) is 0 Å². The number of hydrogen-bond acceptors (Lipinski definition) is 6. The summed E-state index contributed by atoms with van der Waals surface area (Å²) in [5.74, 6) is -2.65. The second-order valence-corrected chi connectivity index (χ2v) is 20.0. The summed E-state index contributed by atoms with van der Waals surface area (Å²) in [4.78, 5) is 72.8. The average molecular weight is 701 g/mol. The number of imidazole rings is 1. The van der Waals surface area contributed by atoms with Gasteiger partial charge in [-0.1, -0.05) is 94.5 Å². The first kappa shape index (κ1) is 36.5. The number of nitrogens with one attached hydrogen (secondary N) is 2. The molecule has 266 valence electrons. The van der Waals surface area contributed by atoms with Crippen molar-refractivity contribution < 1.29 is 29.1 Å². The summed E-state index contributed by atoms with van der Waals surface area (Å²) in [6, 6.07) is 15.1. The van der Waals surface area contributed by atoms with E-state index in [0.717, 1.165) is 11.1 Å². The van der Waals surface area contributed by atoms with Crippen LogP contribution in [0.5, 0.6) is 0 Å². The smallest absolute Gasteiger partial charge is 0.326 e. The molecule has 2 aliphatic heterocycles. The lowest BCUT2D eigenvalue weighted by atomic mass is 10.0. The molecule has 3 heterocycles. The molecule has 12 nitrogen and oxygen atoms in total. The molecule has 50 heavy (non-hydrogen) atoms. The van der Waals surface area contributed by atoms with E-state index < -0.39 is 56.1 Å². The third-order valence-corrected chi connectivity index (χ3v) is 15.8. The van der Waals surface area contributed by atoms with Gasteiger partial charge in [-0.25, -0.2) is 9.78 Å². The Kier molecular flexibility index (Phi) is 10.9. The minimum absolute atomic E-state index is 0.0672. The van der Waals surface area contributed by atoms with E-state index in [1.807, 2.05) is 47.2 Å². The number of rotatable bonds is 13. The first-order valence-corrected chi connectivity index (χ1v) is 20.1. The molecular weight excluding hydrogens is 653 g/mol. The number of carbonyl (C=O) groups excluding carboxylic acids is 4. The van der Waals surface area contributed by atoms with Gasteiger partial charge in [-0.3, -0.25) is 19.2 Å². The van der Waals surface area contributed by atoms with Crippen molar-refractivity contribution in [3.05, 3.63) is 90.0 Å². The molecule has 2 aromatic carbocycles. The van der Waals surface area contributed by atoms with E-state index in [9.17, 15) is 29.1 Å². The quantitative estimate of drug-likeness (QED) is 0.183. The molecule has 2 aliphatic rings. The van der Waals surface area contributed by atoms with Gasteiger partial charge in [-0.2, -0.15) is 0 Å². The predicted molar refractivity (Wildman–Crippen MR) is 190 cm³/mol. The third kappa shape index (κ3) is 8.15. The second-order valence-electron chi connectivity index (χ2n) is 14.9. The summed E-state index contributed by atoms with van der Waals surface area (Å²) < 4.78 is 3.64. The Bertz CT molecular complexity index is 1710. The van der Waals surface area contributed by atoms with Crippen LogP contribution in [0.1, 0.15) is 56.9 Å². The number of amides is 4. The molecule has 0 aliphatic carbocycles. The fourth-order valence-electron chi connectivity index (χ4n) is 6.58. The molecule has 0 bridgehead atoms. The van der Waals surface area contributed by atoms with Crippen molar-refractivity contribution in [2.45, 2.75) is 102 Å². The van der Waals surface area contributed by atoms with Crippen LogP contribution in [-0.2, 0) is 43.4 Å². The average Bonchev–Trinajstić information content (AvgIpc) is 3.72. The second kappa shape index (κ2) is 15.0. The van der Waals surface area contributed by atoms with E-state index in [2.05, 4.69) is 49.5 Å². The molecule has 3 N–H and O–H groups in total. The van der Waals surface area contributed by atoms with Crippen molar-refractivity contribution in [2.24, 2.45) is 0 Å². The fraction of sp³-hybridized carbons (Fsp3) is 0.459. The van der Waals surface area contributed by atoms with Crippen molar-refractivity contribution in [3.8, 4) is 0 Å². The van der Waals surface area contributed by atoms with Gasteiger partial charge in [0.2, 0.25) is 23.6 Å². The minimum Gasteiger partial charge on any atom is -0.480 e. The van der Waals surface area contributed by atoms with E-state index in [1.54, 1.807) is 35.2 Å². The van der Waals surface area contributed by atoms with Crippen LogP contribution in [0.2, 0.25) is 18.1 Å². The van der Waals surface area contributed by atoms with E-state index in [0.29, 0.717) is 25.1 Å². The van der Waals surface area contributed by atoms with Gasteiger partial charge in [0.1, 0.15) is 24.2 Å². The van der Waals surface area contributed by atoms with Crippen LogP contribution in [0.3, 0.4) is 0 Å². The molecule has 1 aromatic heterocycles. The molecule has 0 unspecified atom stereocenters. The summed E-state index contributed by atoms with van der Waals surface area (Å²) in [5.41, 5.74) is 2.42. The van der Waals surface area contributed by atoms with Crippen LogP contribution in [0.4, 0.5) is 0 Å². The number of carbonyl (C=O) groups is 5. The number of nitrogens with zero attached hydrogens (tertiary/aromatic N) is 4. The van der Waals surface area contributed by atoms with Gasteiger partial charge in [-0.15, -0.1) is 0 Å². The molecule has 0 radical (unpaired) electrons. The van der Waals surface area contributed by atoms with Crippen LogP contribution >= 0.6 is 0 Å². The van der Waals surface area contributed by atoms with E-state index in [-0.39, 0.29) is 36.8 Å². The van der Waals surface area contributed by atoms with Crippen LogP contribution in [-0.4, -0.2) is 92.7 Å². The summed E-state index contributed by atoms with van der Waals surface area (Å²) in [6.07, 6.45) is 4.66. The van der Waals surface area contributed by atoms with Crippen LogP contribution in [0.15, 0.2) is 73.2 Å². The lowest BCUT2D eigenvalue weighted by molar-refractivity contribution is -0.149. The van der Waals surface area contributed by atoms with Gasteiger partial charge in [0, 0.05) is 32.1 Å². The number of β-lactam (4-membered cyclic amide) rings is 1. The molecule has 4 amide bonds. The number of aliphatic carboxylic acids is 1. The first-order chi connectivity index (χ1) is 23.7. The molecule has 13 heteroatoms. The Hall–Kier alpha value is -4.78. The van der Waals surface area contributed by atoms with Crippen molar-refractivity contribution in [1.29, 1.82) is 0 Å². The number of aromatic nitrogens is 2. The topological polar surface area (TPSA) is 154 Å². The Morgan fingerprint density at radius 1 is 0.900 bits per heavy atom. The monoisotopic (exact) mass is 700 g/mol. The first-order valence-electron chi connectivity index (χ1n) is 17.2. The Labute approximate surface area is 294 Å². The van der Waals surface area contributed by atoms with E-state index in [1.165, 1.54) is 4.90 Å². The zero-order chi connectivity index (χ0) is 36.2. The molecule has 2 saturated heterocycles. The number of carboxylic acid groups (broad SMARTS) is 1. The number of hydrogen-bond donors (Lipinski definition) is 3. The molecule has 4 atom stereocenters. The number of carboxylic acids is 1. The fourth-order valence-corrected chi connectivity index (χ4v) is 9.00. The van der Waals surface area contributed by atoms with Gasteiger partial charge >= 0.3 is 5.97 Å². The van der Waals surface area contributed by atoms with E-state index in [4.69, 9.17) is 0 Å². The largest absolute Gasteiger partial charge is 0.480 e. The highest BCUT2D eigenvalue weighted by Gasteiger charge is 2.54. The van der Waals surface area contributed by atoms with Crippen molar-refractivity contribution in [1.82, 2.24) is 29.7 Å². The Balaban J connectivity index is 1.36. The number of benzene rings is 2. The minimum atomic E-state index is -2.39. The zero-order valence-corrected chi connectivity index (χ0v) is 30.5. The van der Waals surface area contributed by atoms with E-state index >= 15 is 0 Å². The lowest BCUT2D eigenvalue weighted by Crippen LogP contribution is -2.72. The van der Waals surface area contributed by atoms with Gasteiger partial charge in [-0.05, 0) is 29.0 Å². The zero-order valence-electron chi connectivity index (χ0n) is 29.5.